The average Bonchev–Trinajstić information content (AvgIpc) is 3.11. The predicted octanol–water partition coefficient (Wildman–Crippen LogP) is 5.60. The first kappa shape index (κ1) is 21.2. The number of halogens is 3. The van der Waals surface area contributed by atoms with Gasteiger partial charge in [-0.25, -0.2) is 18.4 Å². The van der Waals surface area contributed by atoms with E-state index in [0.717, 1.165) is 22.6 Å². The number of aromatic nitrogens is 4. The smallest absolute Gasteiger partial charge is 0.278 e. The molecule has 6 nitrogen and oxygen atoms in total. The normalized spacial score (nSPS) is 11.7. The number of benzene rings is 2. The van der Waals surface area contributed by atoms with Gasteiger partial charge in [0.2, 0.25) is 5.88 Å². The zero-order valence-corrected chi connectivity index (χ0v) is 18.7. The summed E-state index contributed by atoms with van der Waals surface area (Å²) in [6, 6.07) is 15.0. The van der Waals surface area contributed by atoms with E-state index in [1.54, 1.807) is 18.7 Å². The van der Waals surface area contributed by atoms with Crippen molar-refractivity contribution in [3.63, 3.8) is 0 Å². The summed E-state index contributed by atoms with van der Waals surface area (Å²) in [5.41, 5.74) is 3.07. The van der Waals surface area contributed by atoms with E-state index in [2.05, 4.69) is 31.0 Å². The Labute approximate surface area is 186 Å². The molecule has 0 saturated carbocycles. The second kappa shape index (κ2) is 8.22. The SMILES string of the molecule is COc1ccc(-c2c3nc(C)nc(OCC(C)(F)F)c3nn2-c2ccccc2Br)cc1. The van der Waals surface area contributed by atoms with E-state index in [4.69, 9.17) is 9.47 Å². The lowest BCUT2D eigenvalue weighted by molar-refractivity contribution is -0.0238. The Morgan fingerprint density at radius 3 is 2.39 bits per heavy atom. The molecule has 160 valence electrons. The molecular weight excluding hydrogens is 470 g/mol. The van der Waals surface area contributed by atoms with Crippen molar-refractivity contribution in [1.82, 2.24) is 19.7 Å². The largest absolute Gasteiger partial charge is 0.497 e. The molecule has 0 fully saturated rings. The fourth-order valence-corrected chi connectivity index (χ4v) is 3.60. The van der Waals surface area contributed by atoms with Crippen LogP contribution in [0.1, 0.15) is 12.7 Å². The molecule has 0 spiro atoms. The summed E-state index contributed by atoms with van der Waals surface area (Å²) in [5, 5.41) is 4.66. The predicted molar refractivity (Wildman–Crippen MR) is 117 cm³/mol. The van der Waals surface area contributed by atoms with E-state index in [9.17, 15) is 8.78 Å². The summed E-state index contributed by atoms with van der Waals surface area (Å²) in [4.78, 5) is 8.79. The second-order valence-electron chi connectivity index (χ2n) is 7.07. The summed E-state index contributed by atoms with van der Waals surface area (Å²) in [7, 11) is 1.60. The van der Waals surface area contributed by atoms with Gasteiger partial charge < -0.3 is 9.47 Å². The van der Waals surface area contributed by atoms with Gasteiger partial charge in [-0.15, -0.1) is 0 Å². The molecule has 0 aliphatic heterocycles. The maximum absolute atomic E-state index is 13.4. The van der Waals surface area contributed by atoms with Crippen LogP contribution in [0.5, 0.6) is 11.6 Å². The van der Waals surface area contributed by atoms with E-state index in [1.807, 2.05) is 48.5 Å². The first-order valence-electron chi connectivity index (χ1n) is 9.44. The third-order valence-corrected chi connectivity index (χ3v) is 5.18. The van der Waals surface area contributed by atoms with Crippen molar-refractivity contribution in [2.45, 2.75) is 19.8 Å². The van der Waals surface area contributed by atoms with E-state index >= 15 is 0 Å². The molecule has 0 radical (unpaired) electrons. The van der Waals surface area contributed by atoms with E-state index in [-0.39, 0.29) is 5.88 Å². The van der Waals surface area contributed by atoms with Crippen molar-refractivity contribution in [2.24, 2.45) is 0 Å². The number of hydrogen-bond acceptors (Lipinski definition) is 5. The Balaban J connectivity index is 1.99. The molecule has 31 heavy (non-hydrogen) atoms. The molecule has 0 atom stereocenters. The summed E-state index contributed by atoms with van der Waals surface area (Å²) in [6.07, 6.45) is 0. The van der Waals surface area contributed by atoms with Gasteiger partial charge in [0.15, 0.2) is 12.1 Å². The van der Waals surface area contributed by atoms with Crippen LogP contribution in [0.3, 0.4) is 0 Å². The summed E-state index contributed by atoms with van der Waals surface area (Å²) in [5.74, 6) is -1.89. The number of para-hydroxylation sites is 1. The Kier molecular flexibility index (Phi) is 5.62. The van der Waals surface area contributed by atoms with Crippen LogP contribution in [0, 0.1) is 6.92 Å². The van der Waals surface area contributed by atoms with Crippen LogP contribution >= 0.6 is 15.9 Å². The van der Waals surface area contributed by atoms with E-state index in [0.29, 0.717) is 28.3 Å². The highest BCUT2D eigenvalue weighted by Gasteiger charge is 2.26. The van der Waals surface area contributed by atoms with Gasteiger partial charge in [-0.05, 0) is 59.3 Å². The maximum Gasteiger partial charge on any atom is 0.278 e. The molecule has 0 bridgehead atoms. The Hall–Kier alpha value is -3.07. The van der Waals surface area contributed by atoms with Gasteiger partial charge >= 0.3 is 0 Å². The van der Waals surface area contributed by atoms with Gasteiger partial charge in [-0.2, -0.15) is 10.1 Å². The molecule has 2 heterocycles. The van der Waals surface area contributed by atoms with Gasteiger partial charge in [0.25, 0.3) is 5.92 Å². The highest BCUT2D eigenvalue weighted by atomic mass is 79.9. The van der Waals surface area contributed by atoms with E-state index in [1.165, 1.54) is 0 Å². The molecule has 4 aromatic rings. The molecule has 0 unspecified atom stereocenters. The van der Waals surface area contributed by atoms with Crippen LogP contribution < -0.4 is 9.47 Å². The summed E-state index contributed by atoms with van der Waals surface area (Å²) < 4.78 is 40.0. The highest BCUT2D eigenvalue weighted by Crippen LogP contribution is 2.36. The second-order valence-corrected chi connectivity index (χ2v) is 7.93. The Morgan fingerprint density at radius 1 is 1.03 bits per heavy atom. The molecule has 0 N–H and O–H groups in total. The zero-order chi connectivity index (χ0) is 22.2. The summed E-state index contributed by atoms with van der Waals surface area (Å²) in [6.45, 7) is 1.67. The van der Waals surface area contributed by atoms with Gasteiger partial charge in [0.1, 0.15) is 22.8 Å². The third-order valence-electron chi connectivity index (χ3n) is 4.51. The number of fused-ring (bicyclic) bond motifs is 1. The minimum Gasteiger partial charge on any atom is -0.497 e. The summed E-state index contributed by atoms with van der Waals surface area (Å²) >= 11 is 3.56. The standard InChI is InChI=1S/C22H19BrF2N4O2/c1-13-26-18-19(21(27-13)31-12-22(2,24)25)28-29(17-7-5-4-6-16(17)23)20(18)14-8-10-15(30-3)11-9-14/h4-11H,12H2,1-3H3. The number of aryl methyl sites for hydroxylation is 1. The lowest BCUT2D eigenvalue weighted by Gasteiger charge is -2.11. The zero-order valence-electron chi connectivity index (χ0n) is 17.1. The quantitative estimate of drug-likeness (QED) is 0.353. The number of methoxy groups -OCH3 is 1. The van der Waals surface area contributed by atoms with Crippen molar-refractivity contribution in [1.29, 1.82) is 0 Å². The number of rotatable bonds is 6. The molecule has 2 aromatic carbocycles. The van der Waals surface area contributed by atoms with Crippen LogP contribution in [-0.2, 0) is 0 Å². The van der Waals surface area contributed by atoms with Crippen LogP contribution in [0.15, 0.2) is 53.0 Å². The molecule has 0 aliphatic carbocycles. The van der Waals surface area contributed by atoms with E-state index < -0.39 is 12.5 Å². The third kappa shape index (κ3) is 4.36. The Morgan fingerprint density at radius 2 is 1.74 bits per heavy atom. The minimum absolute atomic E-state index is 0.0181. The van der Waals surface area contributed by atoms with Crippen molar-refractivity contribution in [3.05, 3.63) is 58.8 Å². The van der Waals surface area contributed by atoms with Crippen molar-refractivity contribution in [2.75, 3.05) is 13.7 Å². The molecule has 2 aromatic heterocycles. The van der Waals surface area contributed by atoms with Crippen molar-refractivity contribution < 1.29 is 18.3 Å². The van der Waals surface area contributed by atoms with Gasteiger partial charge in [0.05, 0.1) is 12.8 Å². The fourth-order valence-electron chi connectivity index (χ4n) is 3.15. The van der Waals surface area contributed by atoms with Crippen molar-refractivity contribution >= 4 is 27.0 Å². The molecule has 9 heteroatoms. The minimum atomic E-state index is -3.00. The lowest BCUT2D eigenvalue weighted by Crippen LogP contribution is -2.21. The monoisotopic (exact) mass is 488 g/mol. The molecular formula is C22H19BrF2N4O2. The number of ether oxygens (including phenoxy) is 2. The fraction of sp³-hybridized carbons (Fsp3) is 0.227. The van der Waals surface area contributed by atoms with Crippen LogP contribution in [0.2, 0.25) is 0 Å². The molecule has 0 amide bonds. The average molecular weight is 489 g/mol. The van der Waals surface area contributed by atoms with Crippen molar-refractivity contribution in [3.8, 4) is 28.6 Å². The topological polar surface area (TPSA) is 62.1 Å². The molecule has 0 saturated heterocycles. The van der Waals surface area contributed by atoms with Gasteiger partial charge in [0, 0.05) is 17.0 Å². The number of nitrogens with zero attached hydrogens (tertiary/aromatic N) is 4. The van der Waals surface area contributed by atoms with Gasteiger partial charge in [-0.3, -0.25) is 0 Å². The first-order valence-corrected chi connectivity index (χ1v) is 10.2. The number of hydrogen-bond donors (Lipinski definition) is 0. The van der Waals surface area contributed by atoms with Crippen LogP contribution in [0.25, 0.3) is 28.0 Å². The number of alkyl halides is 2. The lowest BCUT2D eigenvalue weighted by atomic mass is 10.1. The maximum atomic E-state index is 13.4. The van der Waals surface area contributed by atoms with Crippen LogP contribution in [-0.4, -0.2) is 39.4 Å². The molecule has 0 aliphatic rings. The highest BCUT2D eigenvalue weighted by molar-refractivity contribution is 9.10. The van der Waals surface area contributed by atoms with Crippen LogP contribution in [0.4, 0.5) is 8.78 Å². The first-order chi connectivity index (χ1) is 14.8. The Bertz CT molecular complexity index is 1240. The molecule has 4 rings (SSSR count). The van der Waals surface area contributed by atoms with Gasteiger partial charge in [-0.1, -0.05) is 12.1 Å².